The summed E-state index contributed by atoms with van der Waals surface area (Å²) in [5, 5.41) is 6.86. The van der Waals surface area contributed by atoms with Crippen molar-refractivity contribution in [1.82, 2.24) is 15.2 Å². The lowest BCUT2D eigenvalue weighted by atomic mass is 10.1. The molecule has 1 saturated carbocycles. The SMILES string of the molecule is CN=C(NCc1ccc(Cn2ccccc2=O)cc1)NC1CCCC1. The first kappa shape index (κ1) is 17.3. The summed E-state index contributed by atoms with van der Waals surface area (Å²) in [5.74, 6) is 0.867. The fraction of sp³-hybridized carbons (Fsp3) is 0.400. The molecule has 0 bridgehead atoms. The Morgan fingerprint density at radius 2 is 1.84 bits per heavy atom. The van der Waals surface area contributed by atoms with Gasteiger partial charge in [0.15, 0.2) is 5.96 Å². The predicted molar refractivity (Wildman–Crippen MR) is 102 cm³/mol. The molecule has 0 radical (unpaired) electrons. The van der Waals surface area contributed by atoms with E-state index in [1.807, 2.05) is 19.3 Å². The lowest BCUT2D eigenvalue weighted by molar-refractivity contribution is 0.613. The number of nitrogens with one attached hydrogen (secondary N) is 2. The molecule has 1 fully saturated rings. The fourth-order valence-electron chi connectivity index (χ4n) is 3.19. The standard InChI is InChI=1S/C20H26N4O/c1-21-20(23-18-6-2-3-7-18)22-14-16-9-11-17(12-10-16)15-24-13-5-4-8-19(24)25/h4-5,8-13,18H,2-3,6-7,14-15H2,1H3,(H2,21,22,23). The van der Waals surface area contributed by atoms with Gasteiger partial charge in [-0.05, 0) is 30.0 Å². The number of nitrogens with zero attached hydrogens (tertiary/aromatic N) is 2. The molecule has 2 N–H and O–H groups in total. The van der Waals surface area contributed by atoms with Gasteiger partial charge in [-0.25, -0.2) is 0 Å². The molecule has 0 unspecified atom stereocenters. The summed E-state index contributed by atoms with van der Waals surface area (Å²) in [6, 6.07) is 14.1. The minimum absolute atomic E-state index is 0.0232. The second-order valence-electron chi connectivity index (χ2n) is 6.53. The number of aromatic nitrogens is 1. The van der Waals surface area contributed by atoms with E-state index in [4.69, 9.17) is 0 Å². The van der Waals surface area contributed by atoms with Crippen LogP contribution in [0.4, 0.5) is 0 Å². The number of aliphatic imine (C=N–C) groups is 1. The Balaban J connectivity index is 1.53. The van der Waals surface area contributed by atoms with Crippen molar-refractivity contribution in [3.8, 4) is 0 Å². The Morgan fingerprint density at radius 3 is 2.52 bits per heavy atom. The van der Waals surface area contributed by atoms with Crippen LogP contribution in [0.2, 0.25) is 0 Å². The van der Waals surface area contributed by atoms with Crippen LogP contribution in [0.15, 0.2) is 58.4 Å². The summed E-state index contributed by atoms with van der Waals surface area (Å²) in [6.07, 6.45) is 6.89. The molecule has 0 spiro atoms. The smallest absolute Gasteiger partial charge is 0.250 e. The van der Waals surface area contributed by atoms with Gasteiger partial charge in [0.1, 0.15) is 0 Å². The molecule has 2 aromatic rings. The number of hydrogen-bond acceptors (Lipinski definition) is 2. The molecule has 3 rings (SSSR count). The second kappa shape index (κ2) is 8.51. The maximum absolute atomic E-state index is 11.8. The number of guanidine groups is 1. The van der Waals surface area contributed by atoms with Crippen LogP contribution in [0.1, 0.15) is 36.8 Å². The molecule has 0 saturated heterocycles. The van der Waals surface area contributed by atoms with Crippen LogP contribution in [0, 0.1) is 0 Å². The van der Waals surface area contributed by atoms with Gasteiger partial charge in [-0.1, -0.05) is 43.2 Å². The van der Waals surface area contributed by atoms with Gasteiger partial charge < -0.3 is 15.2 Å². The number of benzene rings is 1. The van der Waals surface area contributed by atoms with Gasteiger partial charge in [-0.15, -0.1) is 0 Å². The van der Waals surface area contributed by atoms with Crippen molar-refractivity contribution in [2.24, 2.45) is 4.99 Å². The van der Waals surface area contributed by atoms with Crippen molar-refractivity contribution < 1.29 is 0 Å². The summed E-state index contributed by atoms with van der Waals surface area (Å²) in [6.45, 7) is 1.33. The largest absolute Gasteiger partial charge is 0.354 e. The normalized spacial score (nSPS) is 15.3. The zero-order valence-corrected chi connectivity index (χ0v) is 14.7. The molecule has 0 atom stereocenters. The molecule has 1 aliphatic carbocycles. The van der Waals surface area contributed by atoms with Crippen LogP contribution in [0.5, 0.6) is 0 Å². The second-order valence-corrected chi connectivity index (χ2v) is 6.53. The highest BCUT2D eigenvalue weighted by Crippen LogP contribution is 2.17. The van der Waals surface area contributed by atoms with E-state index >= 15 is 0 Å². The summed E-state index contributed by atoms with van der Waals surface area (Å²) < 4.78 is 1.71. The summed E-state index contributed by atoms with van der Waals surface area (Å²) in [7, 11) is 1.81. The third-order valence-electron chi connectivity index (χ3n) is 4.65. The monoisotopic (exact) mass is 338 g/mol. The van der Waals surface area contributed by atoms with Gasteiger partial charge >= 0.3 is 0 Å². The van der Waals surface area contributed by atoms with Gasteiger partial charge in [-0.3, -0.25) is 9.79 Å². The lowest BCUT2D eigenvalue weighted by Gasteiger charge is -2.17. The molecule has 132 valence electrons. The van der Waals surface area contributed by atoms with Crippen LogP contribution >= 0.6 is 0 Å². The average Bonchev–Trinajstić information content (AvgIpc) is 3.15. The average molecular weight is 338 g/mol. The van der Waals surface area contributed by atoms with E-state index in [1.165, 1.54) is 31.2 Å². The molecular formula is C20H26N4O. The molecular weight excluding hydrogens is 312 g/mol. The molecule has 1 aliphatic rings. The molecule has 0 amide bonds. The van der Waals surface area contributed by atoms with Crippen LogP contribution in [0.3, 0.4) is 0 Å². The minimum Gasteiger partial charge on any atom is -0.354 e. The predicted octanol–water partition coefficient (Wildman–Crippen LogP) is 2.50. The minimum atomic E-state index is 0.0232. The Kier molecular flexibility index (Phi) is 5.88. The zero-order chi connectivity index (χ0) is 17.5. The van der Waals surface area contributed by atoms with Gasteiger partial charge in [-0.2, -0.15) is 0 Å². The highest BCUT2D eigenvalue weighted by Gasteiger charge is 2.15. The third-order valence-corrected chi connectivity index (χ3v) is 4.65. The third kappa shape index (κ3) is 4.95. The molecule has 25 heavy (non-hydrogen) atoms. The van der Waals surface area contributed by atoms with E-state index in [0.29, 0.717) is 12.6 Å². The Labute approximate surface area is 148 Å². The molecule has 0 aliphatic heterocycles. The van der Waals surface area contributed by atoms with E-state index in [0.717, 1.165) is 18.1 Å². The van der Waals surface area contributed by atoms with Crippen LogP contribution in [0.25, 0.3) is 0 Å². The molecule has 1 aromatic heterocycles. The van der Waals surface area contributed by atoms with E-state index < -0.39 is 0 Å². The maximum atomic E-state index is 11.8. The Morgan fingerprint density at radius 1 is 1.12 bits per heavy atom. The Hall–Kier alpha value is -2.56. The van der Waals surface area contributed by atoms with E-state index in [2.05, 4.69) is 39.9 Å². The topological polar surface area (TPSA) is 58.4 Å². The van der Waals surface area contributed by atoms with Gasteiger partial charge in [0.05, 0.1) is 6.54 Å². The quantitative estimate of drug-likeness (QED) is 0.650. The fourth-order valence-corrected chi connectivity index (χ4v) is 3.19. The van der Waals surface area contributed by atoms with Gasteiger partial charge in [0, 0.05) is 31.9 Å². The van der Waals surface area contributed by atoms with Crippen molar-refractivity contribution in [3.63, 3.8) is 0 Å². The van der Waals surface area contributed by atoms with Crippen LogP contribution < -0.4 is 16.2 Å². The number of rotatable bonds is 5. The first-order valence-electron chi connectivity index (χ1n) is 8.95. The first-order valence-corrected chi connectivity index (χ1v) is 8.95. The van der Waals surface area contributed by atoms with Crippen molar-refractivity contribution in [2.75, 3.05) is 7.05 Å². The maximum Gasteiger partial charge on any atom is 0.250 e. The van der Waals surface area contributed by atoms with E-state index in [1.54, 1.807) is 16.7 Å². The highest BCUT2D eigenvalue weighted by molar-refractivity contribution is 5.79. The summed E-state index contributed by atoms with van der Waals surface area (Å²) >= 11 is 0. The van der Waals surface area contributed by atoms with Crippen molar-refractivity contribution >= 4 is 5.96 Å². The lowest BCUT2D eigenvalue weighted by Crippen LogP contribution is -2.41. The number of hydrogen-bond donors (Lipinski definition) is 2. The Bertz CT molecular complexity index is 758. The molecule has 5 nitrogen and oxygen atoms in total. The summed E-state index contributed by atoms with van der Waals surface area (Å²) in [5.41, 5.74) is 2.33. The number of pyridine rings is 1. The molecule has 1 heterocycles. The van der Waals surface area contributed by atoms with Gasteiger partial charge in [0.25, 0.3) is 5.56 Å². The van der Waals surface area contributed by atoms with Crippen LogP contribution in [-0.4, -0.2) is 23.6 Å². The molecule has 1 aromatic carbocycles. The zero-order valence-electron chi connectivity index (χ0n) is 14.7. The van der Waals surface area contributed by atoms with Crippen LogP contribution in [-0.2, 0) is 13.1 Å². The van der Waals surface area contributed by atoms with E-state index in [-0.39, 0.29) is 5.56 Å². The van der Waals surface area contributed by atoms with Crippen molar-refractivity contribution in [3.05, 3.63) is 70.1 Å². The van der Waals surface area contributed by atoms with E-state index in [9.17, 15) is 4.79 Å². The van der Waals surface area contributed by atoms with Crippen molar-refractivity contribution in [1.29, 1.82) is 0 Å². The van der Waals surface area contributed by atoms with Gasteiger partial charge in [0.2, 0.25) is 0 Å². The summed E-state index contributed by atoms with van der Waals surface area (Å²) in [4.78, 5) is 16.1. The highest BCUT2D eigenvalue weighted by atomic mass is 16.1. The van der Waals surface area contributed by atoms with Crippen molar-refractivity contribution in [2.45, 2.75) is 44.8 Å². The first-order chi connectivity index (χ1) is 12.2. The molecule has 5 heteroatoms.